The fourth-order valence-corrected chi connectivity index (χ4v) is 3.46. The van der Waals surface area contributed by atoms with Crippen molar-refractivity contribution in [1.82, 2.24) is 9.88 Å². The topological polar surface area (TPSA) is 69.5 Å². The monoisotopic (exact) mass is 314 g/mol. The quantitative estimate of drug-likeness (QED) is 0.847. The number of aromatic nitrogens is 1. The molecule has 0 spiro atoms. The number of morpholine rings is 1. The Morgan fingerprint density at radius 2 is 2.30 bits per heavy atom. The van der Waals surface area contributed by atoms with E-state index < -0.39 is 0 Å². The first-order valence-corrected chi connectivity index (χ1v) is 8.17. The molecule has 2 heterocycles. The fraction of sp³-hybridized carbons (Fsp3) is 0.588. The maximum atomic E-state index is 12.7. The Labute approximate surface area is 136 Å². The Balaban J connectivity index is 1.64. The molecule has 1 saturated carbocycles. The molecule has 6 heteroatoms. The normalized spacial score (nSPS) is 23.7. The summed E-state index contributed by atoms with van der Waals surface area (Å²) in [5.74, 6) is 0.824. The van der Waals surface area contributed by atoms with E-state index in [2.05, 4.69) is 4.98 Å². The van der Waals surface area contributed by atoms with Crippen LogP contribution in [0.2, 0.25) is 0 Å². The van der Waals surface area contributed by atoms with E-state index in [1.165, 1.54) is 19.0 Å². The van der Waals surface area contributed by atoms with Crippen LogP contribution in [0.15, 0.2) is 18.3 Å². The van der Waals surface area contributed by atoms with E-state index in [1.54, 1.807) is 12.1 Å². The highest BCUT2D eigenvalue weighted by atomic mass is 16.5. The average molecular weight is 314 g/mol. The second kappa shape index (κ2) is 6.97. The van der Waals surface area contributed by atoms with Crippen LogP contribution >= 0.6 is 0 Å². The smallest absolute Gasteiger partial charge is 0.242 e. The van der Waals surface area contributed by atoms with Gasteiger partial charge in [0.2, 0.25) is 5.91 Å². The molecule has 0 N–H and O–H groups in total. The van der Waals surface area contributed by atoms with Gasteiger partial charge in [0.15, 0.2) is 0 Å². The molecular formula is C17H22N4O2. The molecule has 6 nitrogen and oxygen atoms in total. The zero-order valence-electron chi connectivity index (χ0n) is 13.4. The molecule has 1 aromatic rings. The Bertz CT molecular complexity index is 594. The standard InChI is InChI=1S/C17H22N4O2/c1-20(16-7-6-13(10-18)11-19-16)12-17(22)21-8-9-23-15-5-3-2-4-14(15)21/h6-7,11,14-15H,2-5,8-9,12H2,1H3/t14-,15-/m0/s1. The number of hydrogen-bond donors (Lipinski definition) is 0. The molecule has 0 radical (unpaired) electrons. The van der Waals surface area contributed by atoms with E-state index in [0.717, 1.165) is 12.8 Å². The fourth-order valence-electron chi connectivity index (χ4n) is 3.46. The molecule has 1 saturated heterocycles. The minimum atomic E-state index is 0.124. The van der Waals surface area contributed by atoms with Crippen LogP contribution in [0.4, 0.5) is 5.82 Å². The van der Waals surface area contributed by atoms with E-state index in [9.17, 15) is 4.79 Å². The summed E-state index contributed by atoms with van der Waals surface area (Å²) in [4.78, 5) is 20.8. The lowest BCUT2D eigenvalue weighted by molar-refractivity contribution is -0.148. The minimum absolute atomic E-state index is 0.124. The number of likely N-dealkylation sites (N-methyl/N-ethyl adjacent to an activating group) is 1. The minimum Gasteiger partial charge on any atom is -0.374 e. The van der Waals surface area contributed by atoms with Crippen molar-refractivity contribution >= 4 is 11.7 Å². The number of rotatable bonds is 3. The summed E-state index contributed by atoms with van der Waals surface area (Å²) in [5.41, 5.74) is 0.520. The van der Waals surface area contributed by atoms with Gasteiger partial charge in [-0.2, -0.15) is 5.26 Å². The van der Waals surface area contributed by atoms with E-state index in [-0.39, 0.29) is 18.1 Å². The summed E-state index contributed by atoms with van der Waals surface area (Å²) in [6, 6.07) is 5.77. The molecule has 2 fully saturated rings. The van der Waals surface area contributed by atoms with E-state index in [4.69, 9.17) is 10.00 Å². The molecule has 0 unspecified atom stereocenters. The van der Waals surface area contributed by atoms with Crippen LogP contribution in [0.25, 0.3) is 0 Å². The van der Waals surface area contributed by atoms with Gasteiger partial charge in [0.05, 0.1) is 30.9 Å². The predicted octanol–water partition coefficient (Wildman–Crippen LogP) is 1.56. The zero-order chi connectivity index (χ0) is 16.2. The lowest BCUT2D eigenvalue weighted by Crippen LogP contribution is -2.56. The van der Waals surface area contributed by atoms with Gasteiger partial charge in [0, 0.05) is 19.8 Å². The molecular weight excluding hydrogens is 292 g/mol. The van der Waals surface area contributed by atoms with Gasteiger partial charge in [0.25, 0.3) is 0 Å². The van der Waals surface area contributed by atoms with Crippen LogP contribution in [-0.4, -0.2) is 54.7 Å². The van der Waals surface area contributed by atoms with Crippen molar-refractivity contribution in [2.75, 3.05) is 31.6 Å². The maximum Gasteiger partial charge on any atom is 0.242 e. The van der Waals surface area contributed by atoms with Crippen molar-refractivity contribution in [3.63, 3.8) is 0 Å². The van der Waals surface area contributed by atoms with Crippen LogP contribution < -0.4 is 4.90 Å². The summed E-state index contributed by atoms with van der Waals surface area (Å²) in [5, 5.41) is 8.82. The number of pyridine rings is 1. The first-order chi connectivity index (χ1) is 11.2. The Kier molecular flexibility index (Phi) is 4.77. The Hall–Kier alpha value is -2.13. The van der Waals surface area contributed by atoms with Crippen molar-refractivity contribution in [1.29, 1.82) is 5.26 Å². The Morgan fingerprint density at radius 1 is 1.48 bits per heavy atom. The molecule has 1 aromatic heterocycles. The third-order valence-corrected chi connectivity index (χ3v) is 4.69. The molecule has 1 aliphatic heterocycles. The molecule has 2 atom stereocenters. The number of carbonyl (C=O) groups excluding carboxylic acids is 1. The van der Waals surface area contributed by atoms with Gasteiger partial charge >= 0.3 is 0 Å². The number of carbonyl (C=O) groups is 1. The average Bonchev–Trinajstić information content (AvgIpc) is 2.61. The summed E-state index contributed by atoms with van der Waals surface area (Å²) < 4.78 is 5.83. The lowest BCUT2D eigenvalue weighted by atomic mass is 9.90. The van der Waals surface area contributed by atoms with Crippen LogP contribution in [0, 0.1) is 11.3 Å². The first-order valence-electron chi connectivity index (χ1n) is 8.17. The number of nitrogens with zero attached hydrogens (tertiary/aromatic N) is 4. The largest absolute Gasteiger partial charge is 0.374 e. The van der Waals surface area contributed by atoms with Crippen molar-refractivity contribution in [3.05, 3.63) is 23.9 Å². The third-order valence-electron chi connectivity index (χ3n) is 4.69. The highest BCUT2D eigenvalue weighted by Crippen LogP contribution is 2.28. The summed E-state index contributed by atoms with van der Waals surface area (Å²) in [6.45, 7) is 1.60. The third kappa shape index (κ3) is 3.45. The van der Waals surface area contributed by atoms with Gasteiger partial charge in [0.1, 0.15) is 11.9 Å². The predicted molar refractivity (Wildman–Crippen MR) is 85.9 cm³/mol. The SMILES string of the molecule is CN(CC(=O)N1CCO[C@H]2CCCC[C@@H]21)c1ccc(C#N)cn1. The van der Waals surface area contributed by atoms with Crippen molar-refractivity contribution in [2.45, 2.75) is 37.8 Å². The Morgan fingerprint density at radius 3 is 3.04 bits per heavy atom. The number of hydrogen-bond acceptors (Lipinski definition) is 5. The molecule has 3 rings (SSSR count). The molecule has 2 aliphatic rings. The summed E-state index contributed by atoms with van der Waals surface area (Å²) in [7, 11) is 1.85. The van der Waals surface area contributed by atoms with Crippen LogP contribution in [0.3, 0.4) is 0 Å². The van der Waals surface area contributed by atoms with E-state index >= 15 is 0 Å². The second-order valence-corrected chi connectivity index (χ2v) is 6.22. The number of ether oxygens (including phenoxy) is 1. The molecule has 0 aromatic carbocycles. The molecule has 1 aliphatic carbocycles. The van der Waals surface area contributed by atoms with Gasteiger partial charge in [-0.25, -0.2) is 4.98 Å². The number of fused-ring (bicyclic) bond motifs is 1. The van der Waals surface area contributed by atoms with Gasteiger partial charge in [-0.05, 0) is 25.0 Å². The maximum absolute atomic E-state index is 12.7. The van der Waals surface area contributed by atoms with Crippen molar-refractivity contribution in [3.8, 4) is 6.07 Å². The van der Waals surface area contributed by atoms with E-state index in [1.807, 2.05) is 22.9 Å². The summed E-state index contributed by atoms with van der Waals surface area (Å²) >= 11 is 0. The van der Waals surface area contributed by atoms with Gasteiger partial charge in [-0.1, -0.05) is 12.8 Å². The van der Waals surface area contributed by atoms with Crippen LogP contribution in [0.1, 0.15) is 31.2 Å². The highest BCUT2D eigenvalue weighted by molar-refractivity contribution is 5.81. The van der Waals surface area contributed by atoms with Gasteiger partial charge < -0.3 is 14.5 Å². The van der Waals surface area contributed by atoms with Gasteiger partial charge in [-0.15, -0.1) is 0 Å². The van der Waals surface area contributed by atoms with Crippen LogP contribution in [0.5, 0.6) is 0 Å². The number of amides is 1. The first kappa shape index (κ1) is 15.8. The second-order valence-electron chi connectivity index (χ2n) is 6.22. The lowest BCUT2D eigenvalue weighted by Gasteiger charge is -2.44. The van der Waals surface area contributed by atoms with Crippen molar-refractivity contribution in [2.24, 2.45) is 0 Å². The van der Waals surface area contributed by atoms with E-state index in [0.29, 0.717) is 31.1 Å². The highest BCUT2D eigenvalue weighted by Gasteiger charge is 2.36. The molecule has 1 amide bonds. The zero-order valence-corrected chi connectivity index (χ0v) is 13.4. The van der Waals surface area contributed by atoms with Gasteiger partial charge in [-0.3, -0.25) is 4.79 Å². The number of anilines is 1. The van der Waals surface area contributed by atoms with Crippen LogP contribution in [-0.2, 0) is 9.53 Å². The molecule has 122 valence electrons. The van der Waals surface area contributed by atoms with Crippen molar-refractivity contribution < 1.29 is 9.53 Å². The summed E-state index contributed by atoms with van der Waals surface area (Å²) in [6.07, 6.45) is 6.19. The number of nitriles is 1. The molecule has 0 bridgehead atoms. The molecule has 23 heavy (non-hydrogen) atoms.